The first-order valence-electron chi connectivity index (χ1n) is 4.07. The van der Waals surface area contributed by atoms with Crippen molar-refractivity contribution in [1.29, 1.82) is 0 Å². The lowest BCUT2D eigenvalue weighted by atomic mass is 10.3. The highest BCUT2D eigenvalue weighted by atomic mass is 36.0. The average Bonchev–Trinajstić information content (AvgIpc) is 2.14. The smallest absolute Gasteiger partial charge is 0.285 e. The number of nitrogens with zero attached hydrogens (tertiary/aromatic N) is 3. The van der Waals surface area contributed by atoms with Crippen molar-refractivity contribution in [3.05, 3.63) is 30.3 Å². The van der Waals surface area contributed by atoms with Gasteiger partial charge in [-0.25, -0.2) is 0 Å². The largest absolute Gasteiger partial charge is 0.317 e. The fraction of sp³-hybridized carbons (Fsp3) is 0.250. The van der Waals surface area contributed by atoms with Gasteiger partial charge in [-0.05, 0) is 12.1 Å². The molecule has 0 radical (unpaired) electrons. The monoisotopic (exact) mass is 283 g/mol. The van der Waals surface area contributed by atoms with Crippen LogP contribution in [0.1, 0.15) is 0 Å². The van der Waals surface area contributed by atoms with E-state index >= 15 is 0 Å². The zero-order valence-electron chi connectivity index (χ0n) is 8.71. The molecule has 0 aliphatic rings. The van der Waals surface area contributed by atoms with E-state index in [-0.39, 0.29) is 0 Å². The van der Waals surface area contributed by atoms with Crippen LogP contribution in [0, 0.1) is 0 Å². The van der Waals surface area contributed by atoms with Crippen molar-refractivity contribution in [2.24, 2.45) is 10.3 Å². The predicted molar refractivity (Wildman–Crippen MR) is 65.3 cm³/mol. The van der Waals surface area contributed by atoms with E-state index in [2.05, 4.69) is 31.7 Å². The van der Waals surface area contributed by atoms with Gasteiger partial charge in [0.25, 0.3) is 0 Å². The molecule has 0 bridgehead atoms. The van der Waals surface area contributed by atoms with E-state index < -0.39 is 8.26 Å². The summed E-state index contributed by atoms with van der Waals surface area (Å²) in [6.07, 6.45) is 0. The predicted octanol–water partition coefficient (Wildman–Crippen LogP) is 2.96. The van der Waals surface area contributed by atoms with Gasteiger partial charge in [0.05, 0.1) is 5.69 Å². The van der Waals surface area contributed by atoms with Crippen LogP contribution < -0.4 is 0 Å². The summed E-state index contributed by atoms with van der Waals surface area (Å²) < 4.78 is 18.3. The van der Waals surface area contributed by atoms with Gasteiger partial charge in [0.2, 0.25) is 0 Å². The van der Waals surface area contributed by atoms with E-state index in [1.54, 1.807) is 5.01 Å². The van der Waals surface area contributed by atoms with E-state index in [1.165, 1.54) is 0 Å². The van der Waals surface area contributed by atoms with Crippen LogP contribution in [0.3, 0.4) is 0 Å². The molecule has 1 aromatic rings. The Hall–Kier alpha value is -0.850. The average molecular weight is 284 g/mol. The summed E-state index contributed by atoms with van der Waals surface area (Å²) >= 11 is 0. The molecule has 0 aliphatic heterocycles. The molecular weight excluding hydrogens is 273 g/mol. The second kappa shape index (κ2) is 7.43. The number of hydrogen-bond donors (Lipinski definition) is 0. The molecule has 1 aromatic carbocycles. The molecule has 90 valence electrons. The van der Waals surface area contributed by atoms with Crippen molar-refractivity contribution < 1.29 is 8.42 Å². The van der Waals surface area contributed by atoms with Crippen LogP contribution in [-0.4, -0.2) is 27.5 Å². The maximum atomic E-state index is 9.16. The van der Waals surface area contributed by atoms with Gasteiger partial charge in [0.15, 0.2) is 0 Å². The normalized spacial score (nSPS) is 10.8. The van der Waals surface area contributed by atoms with Crippen molar-refractivity contribution in [2.75, 3.05) is 14.1 Å². The Morgan fingerprint density at radius 3 is 1.94 bits per heavy atom. The molecular formula is C8H11Cl2N3O2S. The molecule has 0 fully saturated rings. The SMILES string of the molecule is CN(C)N=Nc1ccccc1.O=S(=O)(Cl)Cl. The van der Waals surface area contributed by atoms with Crippen molar-refractivity contribution >= 4 is 35.3 Å². The molecule has 8 heteroatoms. The van der Waals surface area contributed by atoms with Gasteiger partial charge in [0.1, 0.15) is 0 Å². The van der Waals surface area contributed by atoms with Crippen LogP contribution in [0.4, 0.5) is 5.69 Å². The van der Waals surface area contributed by atoms with Crippen molar-refractivity contribution in [1.82, 2.24) is 5.01 Å². The van der Waals surface area contributed by atoms with Crippen molar-refractivity contribution in [2.45, 2.75) is 0 Å². The Bertz CT molecular complexity index is 412. The summed E-state index contributed by atoms with van der Waals surface area (Å²) in [5.41, 5.74) is 0.876. The van der Waals surface area contributed by atoms with Crippen molar-refractivity contribution in [3.8, 4) is 0 Å². The summed E-state index contributed by atoms with van der Waals surface area (Å²) in [6, 6.07) is 9.64. The van der Waals surface area contributed by atoms with Gasteiger partial charge < -0.3 is 0 Å². The number of hydrogen-bond acceptors (Lipinski definition) is 4. The standard InChI is InChI=1S/C8H11N3.Cl2O2S/c1-11(2)10-9-8-6-4-3-5-7-8;1-5(2,3)4/h3-7H,1-2H3;. The molecule has 0 N–H and O–H groups in total. The number of halogens is 2. The van der Waals surface area contributed by atoms with Crippen LogP contribution in [-0.2, 0) is 8.26 Å². The minimum atomic E-state index is -3.72. The van der Waals surface area contributed by atoms with Gasteiger partial charge in [-0.2, -0.15) is 8.42 Å². The zero-order valence-corrected chi connectivity index (χ0v) is 11.0. The Morgan fingerprint density at radius 2 is 1.56 bits per heavy atom. The summed E-state index contributed by atoms with van der Waals surface area (Å²) in [5, 5.41) is 9.47. The molecule has 16 heavy (non-hydrogen) atoms. The van der Waals surface area contributed by atoms with Crippen LogP contribution >= 0.6 is 21.4 Å². The second-order valence-corrected chi connectivity index (χ2v) is 6.42. The van der Waals surface area contributed by atoms with E-state index in [0.29, 0.717) is 0 Å². The Kier molecular flexibility index (Phi) is 7.03. The fourth-order valence-corrected chi connectivity index (χ4v) is 0.636. The zero-order chi connectivity index (χ0) is 12.6. The van der Waals surface area contributed by atoms with E-state index in [4.69, 9.17) is 8.42 Å². The topological polar surface area (TPSA) is 62.1 Å². The summed E-state index contributed by atoms with van der Waals surface area (Å²) in [7, 11) is 8.49. The van der Waals surface area contributed by atoms with E-state index in [9.17, 15) is 0 Å². The van der Waals surface area contributed by atoms with Crippen LogP contribution in [0.15, 0.2) is 40.7 Å². The number of rotatable bonds is 2. The van der Waals surface area contributed by atoms with Gasteiger partial charge in [-0.1, -0.05) is 23.4 Å². The minimum absolute atomic E-state index is 0.876. The molecule has 0 spiro atoms. The van der Waals surface area contributed by atoms with Gasteiger partial charge in [-0.15, -0.1) is 5.11 Å². The highest BCUT2D eigenvalue weighted by Crippen LogP contribution is 2.09. The minimum Gasteiger partial charge on any atom is -0.285 e. The highest BCUT2D eigenvalue weighted by Gasteiger charge is 1.88. The van der Waals surface area contributed by atoms with Crippen LogP contribution in [0.5, 0.6) is 0 Å². The molecule has 0 saturated heterocycles. The molecule has 0 heterocycles. The number of benzene rings is 1. The third-order valence-electron chi connectivity index (χ3n) is 1.10. The molecule has 5 nitrogen and oxygen atoms in total. The molecule has 0 unspecified atom stereocenters. The van der Waals surface area contributed by atoms with Crippen LogP contribution in [0.2, 0.25) is 0 Å². The van der Waals surface area contributed by atoms with E-state index in [1.807, 2.05) is 44.4 Å². The lowest BCUT2D eigenvalue weighted by Crippen LogP contribution is -1.98. The molecule has 0 aliphatic carbocycles. The summed E-state index contributed by atoms with van der Waals surface area (Å²) in [6.45, 7) is 0. The molecule has 0 aromatic heterocycles. The van der Waals surface area contributed by atoms with Gasteiger partial charge >= 0.3 is 8.26 Å². The van der Waals surface area contributed by atoms with Crippen molar-refractivity contribution in [3.63, 3.8) is 0 Å². The first-order valence-corrected chi connectivity index (χ1v) is 7.21. The third kappa shape index (κ3) is 13.2. The summed E-state index contributed by atoms with van der Waals surface area (Å²) in [5.74, 6) is 0. The van der Waals surface area contributed by atoms with Crippen LogP contribution in [0.25, 0.3) is 0 Å². The second-order valence-electron chi connectivity index (χ2n) is 2.75. The maximum Gasteiger partial charge on any atom is 0.317 e. The highest BCUT2D eigenvalue weighted by molar-refractivity contribution is 8.31. The Morgan fingerprint density at radius 1 is 1.12 bits per heavy atom. The third-order valence-corrected chi connectivity index (χ3v) is 1.10. The van der Waals surface area contributed by atoms with Gasteiger partial charge in [-0.3, -0.25) is 5.01 Å². The fourth-order valence-electron chi connectivity index (χ4n) is 0.636. The molecule has 0 saturated carbocycles. The molecule has 1 rings (SSSR count). The quantitative estimate of drug-likeness (QED) is 0.476. The molecule has 0 amide bonds. The first kappa shape index (κ1) is 15.2. The Balaban J connectivity index is 0.000000385. The van der Waals surface area contributed by atoms with E-state index in [0.717, 1.165) is 5.69 Å². The lowest BCUT2D eigenvalue weighted by Gasteiger charge is -1.99. The lowest BCUT2D eigenvalue weighted by molar-refractivity contribution is 0.408. The Labute approximate surface area is 104 Å². The maximum absolute atomic E-state index is 9.16. The molecule has 0 atom stereocenters. The summed E-state index contributed by atoms with van der Waals surface area (Å²) in [4.78, 5) is 0. The van der Waals surface area contributed by atoms with Gasteiger partial charge in [0, 0.05) is 35.5 Å². The first-order chi connectivity index (χ1) is 7.29.